The highest BCUT2D eigenvalue weighted by molar-refractivity contribution is 5.86. The topological polar surface area (TPSA) is 83.8 Å². The van der Waals surface area contributed by atoms with Crippen molar-refractivity contribution >= 4 is 11.9 Å². The quantitative estimate of drug-likeness (QED) is 0.134. The maximum absolute atomic E-state index is 12.4. The highest BCUT2D eigenvalue weighted by Gasteiger charge is 2.49. The fraction of sp³-hybridized carbons (Fsp3) is 0.500. The minimum absolute atomic E-state index is 0.0119. The van der Waals surface area contributed by atoms with E-state index in [-0.39, 0.29) is 19.4 Å². The SMILES string of the molecule is C=CCCCC=CCOC(CC=CCCCC=C)(C(=O)O)C(CC=CCCCC=C)C(=O)O. The van der Waals surface area contributed by atoms with Crippen molar-refractivity contribution in [3.8, 4) is 0 Å². The molecule has 0 aliphatic heterocycles. The molecule has 0 aromatic carbocycles. The van der Waals surface area contributed by atoms with Crippen LogP contribution in [0.4, 0.5) is 0 Å². The number of aliphatic carboxylic acids is 2. The molecule has 184 valence electrons. The van der Waals surface area contributed by atoms with E-state index in [2.05, 4.69) is 19.7 Å². The fourth-order valence-corrected chi connectivity index (χ4v) is 3.34. The normalized spacial score (nSPS) is 14.4. The zero-order valence-electron chi connectivity index (χ0n) is 20.0. The van der Waals surface area contributed by atoms with Gasteiger partial charge in [0.1, 0.15) is 5.92 Å². The van der Waals surface area contributed by atoms with Crippen LogP contribution in [-0.4, -0.2) is 34.4 Å². The van der Waals surface area contributed by atoms with Crippen molar-refractivity contribution in [2.24, 2.45) is 5.92 Å². The molecule has 0 heterocycles. The maximum atomic E-state index is 12.4. The van der Waals surface area contributed by atoms with Gasteiger partial charge in [0.15, 0.2) is 5.60 Å². The molecule has 5 heteroatoms. The number of carboxylic acid groups (broad SMARTS) is 2. The van der Waals surface area contributed by atoms with Crippen molar-refractivity contribution in [2.75, 3.05) is 6.61 Å². The van der Waals surface area contributed by atoms with E-state index in [4.69, 9.17) is 4.74 Å². The van der Waals surface area contributed by atoms with Crippen LogP contribution in [0.15, 0.2) is 74.4 Å². The molecular weight excluding hydrogens is 416 g/mol. The lowest BCUT2D eigenvalue weighted by molar-refractivity contribution is -0.181. The van der Waals surface area contributed by atoms with Crippen molar-refractivity contribution < 1.29 is 24.5 Å². The van der Waals surface area contributed by atoms with Crippen LogP contribution in [0.5, 0.6) is 0 Å². The van der Waals surface area contributed by atoms with Crippen LogP contribution in [-0.2, 0) is 14.3 Å². The van der Waals surface area contributed by atoms with Gasteiger partial charge in [-0.05, 0) is 64.2 Å². The summed E-state index contributed by atoms with van der Waals surface area (Å²) in [5.41, 5.74) is -1.85. The van der Waals surface area contributed by atoms with Gasteiger partial charge in [0.05, 0.1) is 6.61 Å². The van der Waals surface area contributed by atoms with Crippen molar-refractivity contribution in [3.63, 3.8) is 0 Å². The van der Waals surface area contributed by atoms with Gasteiger partial charge < -0.3 is 14.9 Å². The number of hydrogen-bond donors (Lipinski definition) is 2. The lowest BCUT2D eigenvalue weighted by atomic mass is 9.81. The van der Waals surface area contributed by atoms with Gasteiger partial charge in [0.2, 0.25) is 0 Å². The summed E-state index contributed by atoms with van der Waals surface area (Å²) in [5, 5.41) is 20.0. The summed E-state index contributed by atoms with van der Waals surface area (Å²) in [4.78, 5) is 24.6. The molecule has 2 N–H and O–H groups in total. The third-order valence-electron chi connectivity index (χ3n) is 5.29. The second-order valence-corrected chi connectivity index (χ2v) is 7.91. The molecule has 2 unspecified atom stereocenters. The molecule has 33 heavy (non-hydrogen) atoms. The van der Waals surface area contributed by atoms with Crippen molar-refractivity contribution in [1.29, 1.82) is 0 Å². The average Bonchev–Trinajstić information content (AvgIpc) is 2.78. The van der Waals surface area contributed by atoms with Crippen LogP contribution in [0, 0.1) is 5.92 Å². The predicted octanol–water partition coefficient (Wildman–Crippen LogP) is 7.04. The van der Waals surface area contributed by atoms with Gasteiger partial charge in [0.25, 0.3) is 0 Å². The molecule has 0 aliphatic carbocycles. The summed E-state index contributed by atoms with van der Waals surface area (Å²) in [6.45, 7) is 11.1. The molecule has 5 nitrogen and oxygen atoms in total. The highest BCUT2D eigenvalue weighted by Crippen LogP contribution is 2.31. The Hall–Kier alpha value is -2.66. The van der Waals surface area contributed by atoms with E-state index in [0.717, 1.165) is 57.8 Å². The Labute approximate surface area is 199 Å². The summed E-state index contributed by atoms with van der Waals surface area (Å²) >= 11 is 0. The van der Waals surface area contributed by atoms with Crippen LogP contribution >= 0.6 is 0 Å². The van der Waals surface area contributed by atoms with Gasteiger partial charge in [0, 0.05) is 6.42 Å². The van der Waals surface area contributed by atoms with Crippen LogP contribution in [0.1, 0.15) is 70.6 Å². The first-order valence-electron chi connectivity index (χ1n) is 11.8. The molecule has 0 radical (unpaired) electrons. The minimum Gasteiger partial charge on any atom is -0.481 e. The number of ether oxygens (including phenoxy) is 1. The Morgan fingerprint density at radius 2 is 1.21 bits per heavy atom. The molecule has 0 aromatic rings. The van der Waals surface area contributed by atoms with E-state index in [9.17, 15) is 19.8 Å². The van der Waals surface area contributed by atoms with Crippen molar-refractivity contribution in [1.82, 2.24) is 0 Å². The van der Waals surface area contributed by atoms with E-state index < -0.39 is 23.5 Å². The van der Waals surface area contributed by atoms with E-state index in [0.29, 0.717) is 0 Å². The molecule has 0 spiro atoms. The van der Waals surface area contributed by atoms with Crippen molar-refractivity contribution in [2.45, 2.75) is 76.2 Å². The smallest absolute Gasteiger partial charge is 0.337 e. The number of unbranched alkanes of at least 4 members (excludes halogenated alkanes) is 6. The van der Waals surface area contributed by atoms with Crippen molar-refractivity contribution in [3.05, 3.63) is 74.4 Å². The third-order valence-corrected chi connectivity index (χ3v) is 5.29. The first-order valence-corrected chi connectivity index (χ1v) is 11.8. The standard InChI is InChI=1S/C28H42O5/c1-4-7-10-13-16-19-22-25(26(29)30)28(27(31)32,23-20-17-14-11-8-5-2)33-24-21-18-15-12-9-6-3/h4-6,16-21,25H,1-3,7-15,22-24H2,(H,29,30)(H,31,32). The van der Waals surface area contributed by atoms with Crippen LogP contribution in [0.2, 0.25) is 0 Å². The monoisotopic (exact) mass is 458 g/mol. The Balaban J connectivity index is 5.50. The first-order chi connectivity index (χ1) is 16.0. The molecule has 0 fully saturated rings. The Bertz CT molecular complexity index is 674. The largest absolute Gasteiger partial charge is 0.481 e. The Morgan fingerprint density at radius 3 is 1.67 bits per heavy atom. The van der Waals surface area contributed by atoms with Gasteiger partial charge in [-0.15, -0.1) is 19.7 Å². The molecule has 2 atom stereocenters. The predicted molar refractivity (Wildman–Crippen MR) is 136 cm³/mol. The van der Waals surface area contributed by atoms with Crippen LogP contribution in [0.25, 0.3) is 0 Å². The lowest BCUT2D eigenvalue weighted by Gasteiger charge is -2.33. The molecule has 0 amide bonds. The molecule has 0 saturated carbocycles. The number of allylic oxidation sites excluding steroid dienone is 7. The van der Waals surface area contributed by atoms with E-state index in [1.807, 2.05) is 36.5 Å². The van der Waals surface area contributed by atoms with Gasteiger partial charge >= 0.3 is 11.9 Å². The van der Waals surface area contributed by atoms with Gasteiger partial charge in [-0.3, -0.25) is 4.79 Å². The number of carbonyl (C=O) groups is 2. The summed E-state index contributed by atoms with van der Waals surface area (Å²) in [5.74, 6) is -3.65. The minimum atomic E-state index is -1.85. The number of rotatable bonds is 22. The van der Waals surface area contributed by atoms with Gasteiger partial charge in [-0.1, -0.05) is 54.7 Å². The first kappa shape index (κ1) is 30.3. The third kappa shape index (κ3) is 13.5. The lowest BCUT2D eigenvalue weighted by Crippen LogP contribution is -2.51. The molecule has 0 aromatic heterocycles. The Morgan fingerprint density at radius 1 is 0.727 bits per heavy atom. The van der Waals surface area contributed by atoms with Gasteiger partial charge in [-0.25, -0.2) is 4.79 Å². The Kier molecular flexibility index (Phi) is 18.4. The maximum Gasteiger partial charge on any atom is 0.337 e. The van der Waals surface area contributed by atoms with E-state index in [1.165, 1.54) is 0 Å². The van der Waals surface area contributed by atoms with E-state index >= 15 is 0 Å². The second kappa shape index (κ2) is 20.0. The van der Waals surface area contributed by atoms with Crippen LogP contribution in [0.3, 0.4) is 0 Å². The zero-order valence-corrected chi connectivity index (χ0v) is 20.0. The average molecular weight is 459 g/mol. The summed E-state index contributed by atoms with van der Waals surface area (Å²) in [6.07, 6.45) is 24.4. The molecule has 0 aliphatic rings. The molecule has 0 saturated heterocycles. The van der Waals surface area contributed by atoms with Crippen LogP contribution < -0.4 is 0 Å². The summed E-state index contributed by atoms with van der Waals surface area (Å²) < 4.78 is 5.84. The molecular formula is C28H42O5. The number of carboxylic acids is 2. The summed E-state index contributed by atoms with van der Waals surface area (Å²) in [6, 6.07) is 0. The van der Waals surface area contributed by atoms with E-state index in [1.54, 1.807) is 18.2 Å². The van der Waals surface area contributed by atoms with Gasteiger partial charge in [-0.2, -0.15) is 0 Å². The zero-order chi connectivity index (χ0) is 24.8. The summed E-state index contributed by atoms with van der Waals surface area (Å²) in [7, 11) is 0. The second-order valence-electron chi connectivity index (χ2n) is 7.91. The number of hydrogen-bond acceptors (Lipinski definition) is 3. The molecule has 0 rings (SSSR count). The highest BCUT2D eigenvalue weighted by atomic mass is 16.5. The molecule has 0 bridgehead atoms. The fourth-order valence-electron chi connectivity index (χ4n) is 3.34.